The molecule has 3 rings (SSSR count). The Morgan fingerprint density at radius 1 is 1.24 bits per heavy atom. The molecule has 2 aromatic carbocycles. The van der Waals surface area contributed by atoms with Gasteiger partial charge in [-0.3, -0.25) is 4.79 Å². The highest BCUT2D eigenvalue weighted by molar-refractivity contribution is 7.99. The first kappa shape index (κ1) is 17.0. The van der Waals surface area contributed by atoms with E-state index in [9.17, 15) is 9.18 Å². The lowest BCUT2D eigenvalue weighted by molar-refractivity contribution is 0.102. The van der Waals surface area contributed by atoms with E-state index in [1.807, 2.05) is 29.9 Å². The summed E-state index contributed by atoms with van der Waals surface area (Å²) in [6.07, 6.45) is 3.62. The molecular weight excluding hydrogens is 341 g/mol. The molecular formula is C18H16FN3O2S. The molecule has 0 radical (unpaired) electrons. The number of ether oxygens (including phenoxy) is 1. The van der Waals surface area contributed by atoms with E-state index >= 15 is 0 Å². The summed E-state index contributed by atoms with van der Waals surface area (Å²) in [5.74, 6) is -0.602. The normalized spacial score (nSPS) is 10.5. The van der Waals surface area contributed by atoms with E-state index in [2.05, 4.69) is 10.3 Å². The van der Waals surface area contributed by atoms with E-state index in [0.29, 0.717) is 11.4 Å². The third-order valence-electron chi connectivity index (χ3n) is 3.50. The number of nitrogens with one attached hydrogen (secondary N) is 1. The maximum atomic E-state index is 13.4. The Kier molecular flexibility index (Phi) is 5.04. The molecule has 5 nitrogen and oxygen atoms in total. The Balaban J connectivity index is 1.72. The number of carbonyl (C=O) groups is 1. The maximum absolute atomic E-state index is 13.4. The average molecular weight is 357 g/mol. The van der Waals surface area contributed by atoms with Crippen LogP contribution in [0, 0.1) is 5.82 Å². The number of anilines is 1. The van der Waals surface area contributed by atoms with Crippen molar-refractivity contribution < 1.29 is 13.9 Å². The van der Waals surface area contributed by atoms with Crippen molar-refractivity contribution in [3.05, 3.63) is 66.2 Å². The second-order valence-corrected chi connectivity index (χ2v) is 6.29. The van der Waals surface area contributed by atoms with Gasteiger partial charge >= 0.3 is 0 Å². The highest BCUT2D eigenvalue weighted by atomic mass is 32.2. The Morgan fingerprint density at radius 2 is 2.00 bits per heavy atom. The molecule has 1 amide bonds. The third kappa shape index (κ3) is 4.00. The van der Waals surface area contributed by atoms with Gasteiger partial charge in [-0.1, -0.05) is 11.8 Å². The number of hydrogen-bond acceptors (Lipinski definition) is 4. The Labute approximate surface area is 148 Å². The molecule has 0 fully saturated rings. The van der Waals surface area contributed by atoms with Gasteiger partial charge in [0.05, 0.1) is 12.7 Å². The summed E-state index contributed by atoms with van der Waals surface area (Å²) in [7, 11) is 3.37. The number of hydrogen-bond donors (Lipinski definition) is 1. The average Bonchev–Trinajstić information content (AvgIpc) is 3.01. The standard InChI is InChI=1S/C18H16FN3O2S/c1-22-10-9-20-18(22)25-14-6-4-13(5-7-14)21-17(23)15-11-12(19)3-8-16(15)24-2/h3-11H,1-2H3,(H,21,23). The topological polar surface area (TPSA) is 56.1 Å². The molecule has 0 atom stereocenters. The SMILES string of the molecule is COc1ccc(F)cc1C(=O)Nc1ccc(Sc2nccn2C)cc1. The lowest BCUT2D eigenvalue weighted by Crippen LogP contribution is -2.13. The maximum Gasteiger partial charge on any atom is 0.259 e. The minimum Gasteiger partial charge on any atom is -0.496 e. The highest BCUT2D eigenvalue weighted by Gasteiger charge is 2.14. The molecule has 1 heterocycles. The van der Waals surface area contributed by atoms with Gasteiger partial charge in [-0.05, 0) is 42.5 Å². The minimum absolute atomic E-state index is 0.147. The van der Waals surface area contributed by atoms with Crippen LogP contribution in [0.4, 0.5) is 10.1 Å². The number of rotatable bonds is 5. The smallest absolute Gasteiger partial charge is 0.259 e. The first-order valence-electron chi connectivity index (χ1n) is 7.47. The monoisotopic (exact) mass is 357 g/mol. The predicted molar refractivity (Wildman–Crippen MR) is 94.7 cm³/mol. The molecule has 7 heteroatoms. The van der Waals surface area contributed by atoms with Gasteiger partial charge in [0.15, 0.2) is 5.16 Å². The zero-order chi connectivity index (χ0) is 17.8. The van der Waals surface area contributed by atoms with E-state index in [0.717, 1.165) is 16.1 Å². The van der Waals surface area contributed by atoms with Crippen molar-refractivity contribution in [3.8, 4) is 5.75 Å². The van der Waals surface area contributed by atoms with Crippen molar-refractivity contribution >= 4 is 23.4 Å². The second kappa shape index (κ2) is 7.40. The van der Waals surface area contributed by atoms with Gasteiger partial charge < -0.3 is 14.6 Å². The van der Waals surface area contributed by atoms with Gasteiger partial charge in [-0.25, -0.2) is 9.37 Å². The largest absolute Gasteiger partial charge is 0.496 e. The van der Waals surface area contributed by atoms with Crippen LogP contribution in [0.1, 0.15) is 10.4 Å². The van der Waals surface area contributed by atoms with Crippen LogP contribution in [-0.4, -0.2) is 22.6 Å². The van der Waals surface area contributed by atoms with Crippen LogP contribution in [0.5, 0.6) is 5.75 Å². The third-order valence-corrected chi connectivity index (χ3v) is 4.59. The lowest BCUT2D eigenvalue weighted by Gasteiger charge is -2.10. The molecule has 0 saturated heterocycles. The zero-order valence-corrected chi connectivity index (χ0v) is 14.5. The number of amides is 1. The number of benzene rings is 2. The van der Waals surface area contributed by atoms with Crippen molar-refractivity contribution in [2.45, 2.75) is 10.1 Å². The number of carbonyl (C=O) groups excluding carboxylic acids is 1. The quantitative estimate of drug-likeness (QED) is 0.751. The summed E-state index contributed by atoms with van der Waals surface area (Å²) < 4.78 is 20.4. The van der Waals surface area contributed by atoms with Crippen molar-refractivity contribution in [2.24, 2.45) is 7.05 Å². The molecule has 0 unspecified atom stereocenters. The molecule has 3 aromatic rings. The number of aryl methyl sites for hydroxylation is 1. The first-order valence-corrected chi connectivity index (χ1v) is 8.28. The van der Waals surface area contributed by atoms with E-state index in [1.54, 1.807) is 18.3 Å². The second-order valence-electron chi connectivity index (χ2n) is 5.25. The number of aromatic nitrogens is 2. The Morgan fingerprint density at radius 3 is 2.64 bits per heavy atom. The van der Waals surface area contributed by atoms with Gasteiger partial charge in [0.2, 0.25) is 0 Å². The number of imidazole rings is 1. The molecule has 0 aliphatic rings. The van der Waals surface area contributed by atoms with Crippen molar-refractivity contribution in [2.75, 3.05) is 12.4 Å². The molecule has 0 spiro atoms. The van der Waals surface area contributed by atoms with E-state index in [1.165, 1.54) is 31.0 Å². The summed E-state index contributed by atoms with van der Waals surface area (Å²) in [6, 6.07) is 11.2. The summed E-state index contributed by atoms with van der Waals surface area (Å²) in [4.78, 5) is 17.6. The van der Waals surface area contributed by atoms with Crippen LogP contribution in [0.3, 0.4) is 0 Å². The summed E-state index contributed by atoms with van der Waals surface area (Å²) in [6.45, 7) is 0. The summed E-state index contributed by atoms with van der Waals surface area (Å²) >= 11 is 1.52. The fourth-order valence-electron chi connectivity index (χ4n) is 2.22. The highest BCUT2D eigenvalue weighted by Crippen LogP contribution is 2.27. The van der Waals surface area contributed by atoms with E-state index < -0.39 is 11.7 Å². The molecule has 0 saturated carbocycles. The van der Waals surface area contributed by atoms with Crippen molar-refractivity contribution in [3.63, 3.8) is 0 Å². The molecule has 0 aliphatic heterocycles. The first-order chi connectivity index (χ1) is 12.1. The molecule has 128 valence electrons. The number of halogens is 1. The van der Waals surface area contributed by atoms with Crippen molar-refractivity contribution in [1.82, 2.24) is 9.55 Å². The number of methoxy groups -OCH3 is 1. The van der Waals surface area contributed by atoms with Crippen LogP contribution in [0.25, 0.3) is 0 Å². The van der Waals surface area contributed by atoms with Crippen molar-refractivity contribution in [1.29, 1.82) is 0 Å². The van der Waals surface area contributed by atoms with Gasteiger partial charge in [-0.2, -0.15) is 0 Å². The fourth-order valence-corrected chi connectivity index (χ4v) is 3.02. The minimum atomic E-state index is -0.493. The van der Waals surface area contributed by atoms with Gasteiger partial charge in [0, 0.05) is 30.0 Å². The van der Waals surface area contributed by atoms with Gasteiger partial charge in [-0.15, -0.1) is 0 Å². The predicted octanol–water partition coefficient (Wildman–Crippen LogP) is 3.97. The van der Waals surface area contributed by atoms with E-state index in [4.69, 9.17) is 4.74 Å². The van der Waals surface area contributed by atoms with Crippen LogP contribution < -0.4 is 10.1 Å². The summed E-state index contributed by atoms with van der Waals surface area (Å²) in [5, 5.41) is 3.62. The van der Waals surface area contributed by atoms with Crippen LogP contribution in [0.15, 0.2) is 64.9 Å². The fraction of sp³-hybridized carbons (Fsp3) is 0.111. The van der Waals surface area contributed by atoms with Crippen LogP contribution in [0.2, 0.25) is 0 Å². The lowest BCUT2D eigenvalue weighted by atomic mass is 10.1. The molecule has 1 N–H and O–H groups in total. The Hall–Kier alpha value is -2.80. The molecule has 0 bridgehead atoms. The summed E-state index contributed by atoms with van der Waals surface area (Å²) in [5.41, 5.74) is 0.759. The van der Waals surface area contributed by atoms with Crippen LogP contribution in [-0.2, 0) is 7.05 Å². The zero-order valence-electron chi connectivity index (χ0n) is 13.7. The molecule has 1 aromatic heterocycles. The van der Waals surface area contributed by atoms with E-state index in [-0.39, 0.29) is 5.56 Å². The number of nitrogens with zero attached hydrogens (tertiary/aromatic N) is 2. The van der Waals surface area contributed by atoms with Gasteiger partial charge in [0.1, 0.15) is 11.6 Å². The van der Waals surface area contributed by atoms with Gasteiger partial charge in [0.25, 0.3) is 5.91 Å². The molecule has 25 heavy (non-hydrogen) atoms. The van der Waals surface area contributed by atoms with Crippen LogP contribution >= 0.6 is 11.8 Å². The Bertz CT molecular complexity index is 894. The molecule has 0 aliphatic carbocycles.